The molecule has 0 saturated carbocycles. The number of rotatable bonds is 9. The molecule has 0 aliphatic carbocycles. The molecule has 0 radical (unpaired) electrons. The van der Waals surface area contributed by atoms with Crippen molar-refractivity contribution in [3.05, 3.63) is 77.9 Å². The molecule has 0 unspecified atom stereocenters. The summed E-state index contributed by atoms with van der Waals surface area (Å²) in [4.78, 5) is 17.5. The SMILES string of the molecule is C[C@@H]1CN([C@@H](C)CO)C(=O)c2cccc(NS(=O)(=O)c3ccccc3)c2O[C@@H]1CN(C)Cc1ccc2c(c1)OCO2. The molecule has 2 heterocycles. The smallest absolute Gasteiger partial charge is 0.262 e. The van der Waals surface area contributed by atoms with Crippen molar-refractivity contribution >= 4 is 21.6 Å². The number of sulfonamides is 1. The molecule has 218 valence electrons. The fourth-order valence-electron chi connectivity index (χ4n) is 5.07. The van der Waals surface area contributed by atoms with Crippen LogP contribution in [0.15, 0.2) is 71.6 Å². The standard InChI is InChI=1S/C30H35N3O7S/c1-20-15-33(21(2)18-34)30(35)24-10-7-11-25(31-41(36,37)23-8-5-4-6-9-23)29(24)40-28(20)17-32(3)16-22-12-13-26-27(14-22)39-19-38-26/h4-14,20-21,28,31,34H,15-19H2,1-3H3/t20-,21+,28-/m1/s1. The second-order valence-electron chi connectivity index (χ2n) is 10.6. The molecule has 5 rings (SSSR count). The fraction of sp³-hybridized carbons (Fsp3) is 0.367. The fourth-order valence-corrected chi connectivity index (χ4v) is 6.15. The molecule has 3 atom stereocenters. The summed E-state index contributed by atoms with van der Waals surface area (Å²) in [7, 11) is -1.97. The van der Waals surface area contributed by atoms with Gasteiger partial charge in [-0.25, -0.2) is 8.42 Å². The van der Waals surface area contributed by atoms with E-state index in [4.69, 9.17) is 14.2 Å². The summed E-state index contributed by atoms with van der Waals surface area (Å²) in [5.74, 6) is 1.13. The lowest BCUT2D eigenvalue weighted by Crippen LogP contribution is -2.49. The van der Waals surface area contributed by atoms with Gasteiger partial charge < -0.3 is 24.2 Å². The highest BCUT2D eigenvalue weighted by molar-refractivity contribution is 7.92. The molecular formula is C30H35N3O7S. The normalized spacial score (nSPS) is 19.2. The number of hydrogen-bond acceptors (Lipinski definition) is 8. The number of anilines is 1. The molecule has 3 aromatic rings. The van der Waals surface area contributed by atoms with E-state index >= 15 is 0 Å². The number of hydrogen-bond donors (Lipinski definition) is 2. The van der Waals surface area contributed by atoms with Gasteiger partial charge >= 0.3 is 0 Å². The van der Waals surface area contributed by atoms with E-state index in [0.717, 1.165) is 11.3 Å². The molecule has 41 heavy (non-hydrogen) atoms. The van der Waals surface area contributed by atoms with E-state index in [9.17, 15) is 18.3 Å². The van der Waals surface area contributed by atoms with Crippen LogP contribution in [0.5, 0.6) is 17.2 Å². The summed E-state index contributed by atoms with van der Waals surface area (Å²) in [5, 5.41) is 9.93. The van der Waals surface area contributed by atoms with E-state index < -0.39 is 22.2 Å². The molecule has 0 spiro atoms. The number of ether oxygens (including phenoxy) is 3. The number of aliphatic hydroxyl groups is 1. The quantitative estimate of drug-likeness (QED) is 0.394. The van der Waals surface area contributed by atoms with Crippen LogP contribution in [0.2, 0.25) is 0 Å². The number of nitrogens with one attached hydrogen (secondary N) is 1. The lowest BCUT2D eigenvalue weighted by molar-refractivity contribution is 0.0344. The first-order valence-electron chi connectivity index (χ1n) is 13.5. The molecule has 0 saturated heterocycles. The Kier molecular flexibility index (Phi) is 8.39. The van der Waals surface area contributed by atoms with Crippen molar-refractivity contribution in [3.8, 4) is 17.2 Å². The van der Waals surface area contributed by atoms with Gasteiger partial charge in [-0.05, 0) is 55.9 Å². The largest absolute Gasteiger partial charge is 0.486 e. The average molecular weight is 582 g/mol. The molecular weight excluding hydrogens is 546 g/mol. The summed E-state index contributed by atoms with van der Waals surface area (Å²) in [5.41, 5.74) is 1.44. The van der Waals surface area contributed by atoms with Crippen LogP contribution in [0.4, 0.5) is 5.69 Å². The Morgan fingerprint density at radius 3 is 2.59 bits per heavy atom. The second kappa shape index (κ2) is 12.0. The zero-order chi connectivity index (χ0) is 29.1. The van der Waals surface area contributed by atoms with Crippen molar-refractivity contribution in [2.45, 2.75) is 37.4 Å². The van der Waals surface area contributed by atoms with Gasteiger partial charge in [-0.2, -0.15) is 0 Å². The van der Waals surface area contributed by atoms with Gasteiger partial charge in [-0.15, -0.1) is 0 Å². The Bertz CT molecular complexity index is 1500. The van der Waals surface area contributed by atoms with Crippen molar-refractivity contribution in [3.63, 3.8) is 0 Å². The Balaban J connectivity index is 1.46. The number of carbonyl (C=O) groups is 1. The Morgan fingerprint density at radius 1 is 1.07 bits per heavy atom. The molecule has 0 bridgehead atoms. The van der Waals surface area contributed by atoms with Gasteiger partial charge in [-0.1, -0.05) is 37.3 Å². The van der Waals surface area contributed by atoms with Gasteiger partial charge in [0.05, 0.1) is 28.8 Å². The molecule has 2 N–H and O–H groups in total. The first-order chi connectivity index (χ1) is 19.7. The minimum atomic E-state index is -3.95. The summed E-state index contributed by atoms with van der Waals surface area (Å²) in [6, 6.07) is 18.3. The molecule has 10 nitrogen and oxygen atoms in total. The predicted molar refractivity (Wildman–Crippen MR) is 154 cm³/mol. The summed E-state index contributed by atoms with van der Waals surface area (Å²) >= 11 is 0. The van der Waals surface area contributed by atoms with Crippen LogP contribution < -0.4 is 18.9 Å². The minimum absolute atomic E-state index is 0.0960. The van der Waals surface area contributed by atoms with Crippen LogP contribution in [-0.4, -0.2) is 74.9 Å². The van der Waals surface area contributed by atoms with Crippen molar-refractivity contribution in [2.24, 2.45) is 5.92 Å². The van der Waals surface area contributed by atoms with E-state index in [1.165, 1.54) is 12.1 Å². The maximum absolute atomic E-state index is 13.7. The second-order valence-corrected chi connectivity index (χ2v) is 12.3. The first-order valence-corrected chi connectivity index (χ1v) is 15.0. The highest BCUT2D eigenvalue weighted by Crippen LogP contribution is 2.36. The van der Waals surface area contributed by atoms with Crippen molar-refractivity contribution < 1.29 is 32.5 Å². The third-order valence-corrected chi connectivity index (χ3v) is 8.75. The van der Waals surface area contributed by atoms with Gasteiger partial charge in [0.1, 0.15) is 6.10 Å². The number of amides is 1. The average Bonchev–Trinajstić information content (AvgIpc) is 3.43. The highest BCUT2D eigenvalue weighted by atomic mass is 32.2. The number of aliphatic hydroxyl groups excluding tert-OH is 1. The zero-order valence-electron chi connectivity index (χ0n) is 23.3. The third-order valence-electron chi connectivity index (χ3n) is 7.37. The van der Waals surface area contributed by atoms with Gasteiger partial charge in [0.15, 0.2) is 17.2 Å². The molecule has 3 aromatic carbocycles. The topological polar surface area (TPSA) is 118 Å². The maximum Gasteiger partial charge on any atom is 0.262 e. The summed E-state index contributed by atoms with van der Waals surface area (Å²) in [6.45, 7) is 5.24. The van der Waals surface area contributed by atoms with E-state index in [1.54, 1.807) is 48.2 Å². The van der Waals surface area contributed by atoms with E-state index in [-0.39, 0.29) is 47.1 Å². The Hall–Kier alpha value is -3.80. The van der Waals surface area contributed by atoms with Gasteiger partial charge in [-0.3, -0.25) is 14.4 Å². The van der Waals surface area contributed by atoms with Crippen molar-refractivity contribution in [1.82, 2.24) is 9.80 Å². The zero-order valence-corrected chi connectivity index (χ0v) is 24.1. The monoisotopic (exact) mass is 581 g/mol. The van der Waals surface area contributed by atoms with Gasteiger partial charge in [0, 0.05) is 25.6 Å². The first kappa shape index (κ1) is 28.7. The van der Waals surface area contributed by atoms with Crippen LogP contribution in [0.3, 0.4) is 0 Å². The number of para-hydroxylation sites is 1. The summed E-state index contributed by atoms with van der Waals surface area (Å²) in [6.07, 6.45) is -0.406. The van der Waals surface area contributed by atoms with Crippen LogP contribution >= 0.6 is 0 Å². The molecule has 2 aliphatic heterocycles. The lowest BCUT2D eigenvalue weighted by Gasteiger charge is -2.38. The maximum atomic E-state index is 13.7. The molecule has 0 aromatic heterocycles. The van der Waals surface area contributed by atoms with Crippen molar-refractivity contribution in [1.29, 1.82) is 0 Å². The van der Waals surface area contributed by atoms with E-state index in [0.29, 0.717) is 25.4 Å². The molecule has 2 aliphatic rings. The number of benzene rings is 3. The highest BCUT2D eigenvalue weighted by Gasteiger charge is 2.35. The number of likely N-dealkylation sites (N-methyl/N-ethyl adjacent to an activating group) is 1. The van der Waals surface area contributed by atoms with Gasteiger partial charge in [0.25, 0.3) is 15.9 Å². The Labute approximate surface area is 240 Å². The lowest BCUT2D eigenvalue weighted by atomic mass is 9.99. The molecule has 1 amide bonds. The molecule has 0 fully saturated rings. The van der Waals surface area contributed by atoms with Crippen LogP contribution in [0.25, 0.3) is 0 Å². The number of nitrogens with zero attached hydrogens (tertiary/aromatic N) is 2. The third kappa shape index (κ3) is 6.27. The van der Waals surface area contributed by atoms with Crippen LogP contribution in [-0.2, 0) is 16.6 Å². The van der Waals surface area contributed by atoms with E-state index in [1.807, 2.05) is 32.2 Å². The van der Waals surface area contributed by atoms with Crippen LogP contribution in [0, 0.1) is 5.92 Å². The number of fused-ring (bicyclic) bond motifs is 2. The van der Waals surface area contributed by atoms with E-state index in [2.05, 4.69) is 9.62 Å². The van der Waals surface area contributed by atoms with Crippen molar-refractivity contribution in [2.75, 3.05) is 38.3 Å². The Morgan fingerprint density at radius 2 is 1.83 bits per heavy atom. The predicted octanol–water partition coefficient (Wildman–Crippen LogP) is 3.57. The molecule has 11 heteroatoms. The number of carbonyl (C=O) groups excluding carboxylic acids is 1. The minimum Gasteiger partial charge on any atom is -0.486 e. The summed E-state index contributed by atoms with van der Waals surface area (Å²) < 4.78 is 46.6. The van der Waals surface area contributed by atoms with Crippen LogP contribution in [0.1, 0.15) is 29.8 Å². The van der Waals surface area contributed by atoms with Gasteiger partial charge in [0.2, 0.25) is 6.79 Å².